The van der Waals surface area contributed by atoms with Crippen molar-refractivity contribution in [2.45, 2.75) is 13.8 Å². The number of carbonyl (C=O) groups is 1. The van der Waals surface area contributed by atoms with Crippen LogP contribution in [0.3, 0.4) is 0 Å². The highest BCUT2D eigenvalue weighted by molar-refractivity contribution is 7.16. The van der Waals surface area contributed by atoms with Gasteiger partial charge >= 0.3 is 6.03 Å². The second kappa shape index (κ2) is 4.80. The molecule has 0 saturated heterocycles. The lowest BCUT2D eigenvalue weighted by atomic mass is 10.3. The number of aromatic nitrogens is 2. The standard InChI is InChI=1S/C10H12N4OS2/c1-5-8(17-6(2)12-5)7-4-16-10(13-7)14-9(15)11-3/h4H,1-3H3,(H2,11,13,14,15). The fourth-order valence-electron chi connectivity index (χ4n) is 1.36. The van der Waals surface area contributed by atoms with Gasteiger partial charge in [-0.1, -0.05) is 0 Å². The highest BCUT2D eigenvalue weighted by Gasteiger charge is 2.12. The summed E-state index contributed by atoms with van der Waals surface area (Å²) in [6.07, 6.45) is 0. The number of nitrogens with zero attached hydrogens (tertiary/aromatic N) is 2. The lowest BCUT2D eigenvalue weighted by Gasteiger charge is -1.98. The molecule has 2 aromatic heterocycles. The first kappa shape index (κ1) is 12.0. The van der Waals surface area contributed by atoms with Gasteiger partial charge in [0, 0.05) is 12.4 Å². The summed E-state index contributed by atoms with van der Waals surface area (Å²) in [5.74, 6) is 0. The molecule has 0 saturated carbocycles. The number of hydrogen-bond donors (Lipinski definition) is 2. The van der Waals surface area contributed by atoms with Crippen molar-refractivity contribution in [3.05, 3.63) is 16.1 Å². The van der Waals surface area contributed by atoms with Crippen LogP contribution < -0.4 is 10.6 Å². The molecule has 0 aliphatic rings. The second-order valence-electron chi connectivity index (χ2n) is 3.39. The lowest BCUT2D eigenvalue weighted by molar-refractivity contribution is 0.254. The van der Waals surface area contributed by atoms with Gasteiger partial charge in [-0.25, -0.2) is 14.8 Å². The zero-order valence-electron chi connectivity index (χ0n) is 9.70. The first-order chi connectivity index (χ1) is 8.10. The summed E-state index contributed by atoms with van der Waals surface area (Å²) in [6.45, 7) is 3.93. The van der Waals surface area contributed by atoms with E-state index in [1.54, 1.807) is 18.4 Å². The fraction of sp³-hybridized carbons (Fsp3) is 0.300. The van der Waals surface area contributed by atoms with Crippen LogP contribution in [0.25, 0.3) is 10.6 Å². The molecule has 0 bridgehead atoms. The van der Waals surface area contributed by atoms with E-state index >= 15 is 0 Å². The number of amides is 2. The summed E-state index contributed by atoms with van der Waals surface area (Å²) in [5, 5.41) is 8.66. The van der Waals surface area contributed by atoms with Crippen molar-refractivity contribution in [3.8, 4) is 10.6 Å². The van der Waals surface area contributed by atoms with Gasteiger partial charge in [0.25, 0.3) is 0 Å². The van der Waals surface area contributed by atoms with Crippen LogP contribution in [0.15, 0.2) is 5.38 Å². The third-order valence-corrected chi connectivity index (χ3v) is 3.94. The first-order valence-electron chi connectivity index (χ1n) is 4.99. The predicted octanol–water partition coefficient (Wildman–Crippen LogP) is 2.63. The molecule has 2 N–H and O–H groups in total. The van der Waals surface area contributed by atoms with Gasteiger partial charge in [-0.2, -0.15) is 0 Å². The molecule has 2 amide bonds. The van der Waals surface area contributed by atoms with Crippen molar-refractivity contribution >= 4 is 33.8 Å². The molecule has 0 radical (unpaired) electrons. The number of rotatable bonds is 2. The van der Waals surface area contributed by atoms with E-state index in [0.717, 1.165) is 21.3 Å². The Kier molecular flexibility index (Phi) is 3.39. The zero-order valence-corrected chi connectivity index (χ0v) is 11.3. The normalized spacial score (nSPS) is 10.3. The monoisotopic (exact) mass is 268 g/mol. The topological polar surface area (TPSA) is 66.9 Å². The molecule has 2 heterocycles. The lowest BCUT2D eigenvalue weighted by Crippen LogP contribution is -2.24. The molecule has 7 heteroatoms. The molecule has 90 valence electrons. The highest BCUT2D eigenvalue weighted by atomic mass is 32.1. The molecule has 0 spiro atoms. The van der Waals surface area contributed by atoms with Gasteiger partial charge in [-0.15, -0.1) is 22.7 Å². The van der Waals surface area contributed by atoms with Crippen molar-refractivity contribution < 1.29 is 4.79 Å². The van der Waals surface area contributed by atoms with Crippen LogP contribution in [-0.4, -0.2) is 23.0 Å². The Labute approximate surface area is 107 Å². The number of carbonyl (C=O) groups excluding carboxylic acids is 1. The van der Waals surface area contributed by atoms with Crippen molar-refractivity contribution in [1.82, 2.24) is 15.3 Å². The summed E-state index contributed by atoms with van der Waals surface area (Å²) in [6, 6.07) is -0.261. The first-order valence-corrected chi connectivity index (χ1v) is 6.68. The Morgan fingerprint density at radius 3 is 2.71 bits per heavy atom. The second-order valence-corrected chi connectivity index (χ2v) is 5.45. The van der Waals surface area contributed by atoms with Crippen LogP contribution in [-0.2, 0) is 0 Å². The van der Waals surface area contributed by atoms with Gasteiger partial charge in [-0.3, -0.25) is 5.32 Å². The Morgan fingerprint density at radius 1 is 1.35 bits per heavy atom. The van der Waals surface area contributed by atoms with E-state index in [-0.39, 0.29) is 6.03 Å². The fourth-order valence-corrected chi connectivity index (χ4v) is 3.02. The molecule has 2 rings (SSSR count). The number of anilines is 1. The predicted molar refractivity (Wildman–Crippen MR) is 70.8 cm³/mol. The minimum Gasteiger partial charge on any atom is -0.341 e. The molecule has 0 aromatic carbocycles. The maximum Gasteiger partial charge on any atom is 0.320 e. The minimum atomic E-state index is -0.261. The minimum absolute atomic E-state index is 0.261. The van der Waals surface area contributed by atoms with Crippen LogP contribution in [0.1, 0.15) is 10.7 Å². The molecule has 17 heavy (non-hydrogen) atoms. The van der Waals surface area contributed by atoms with E-state index in [9.17, 15) is 4.79 Å². The van der Waals surface area contributed by atoms with Gasteiger partial charge in [0.2, 0.25) is 0 Å². The number of hydrogen-bond acceptors (Lipinski definition) is 5. The number of aryl methyl sites for hydroxylation is 2. The van der Waals surface area contributed by atoms with E-state index in [4.69, 9.17) is 0 Å². The summed E-state index contributed by atoms with van der Waals surface area (Å²) >= 11 is 3.01. The SMILES string of the molecule is CNC(=O)Nc1nc(-c2sc(C)nc2C)cs1. The van der Waals surface area contributed by atoms with Crippen molar-refractivity contribution in [3.63, 3.8) is 0 Å². The maximum atomic E-state index is 11.1. The average Bonchev–Trinajstić information content (AvgIpc) is 2.85. The quantitative estimate of drug-likeness (QED) is 0.880. The summed E-state index contributed by atoms with van der Waals surface area (Å²) < 4.78 is 0. The van der Waals surface area contributed by atoms with Gasteiger partial charge in [0.15, 0.2) is 5.13 Å². The molecule has 0 aliphatic carbocycles. The summed E-state index contributed by atoms with van der Waals surface area (Å²) in [7, 11) is 1.57. The van der Waals surface area contributed by atoms with Crippen LogP contribution >= 0.6 is 22.7 Å². The van der Waals surface area contributed by atoms with E-state index in [2.05, 4.69) is 20.6 Å². The highest BCUT2D eigenvalue weighted by Crippen LogP contribution is 2.31. The van der Waals surface area contributed by atoms with Gasteiger partial charge in [0.1, 0.15) is 0 Å². The van der Waals surface area contributed by atoms with Crippen molar-refractivity contribution in [2.24, 2.45) is 0 Å². The molecule has 5 nitrogen and oxygen atoms in total. The Bertz CT molecular complexity index is 546. The third-order valence-electron chi connectivity index (χ3n) is 2.09. The van der Waals surface area contributed by atoms with Crippen molar-refractivity contribution in [1.29, 1.82) is 0 Å². The zero-order chi connectivity index (χ0) is 12.4. The van der Waals surface area contributed by atoms with Crippen LogP contribution in [0.5, 0.6) is 0 Å². The van der Waals surface area contributed by atoms with Crippen LogP contribution in [0.4, 0.5) is 9.93 Å². The molecular weight excluding hydrogens is 256 g/mol. The van der Waals surface area contributed by atoms with Crippen LogP contribution in [0.2, 0.25) is 0 Å². The molecule has 0 unspecified atom stereocenters. The summed E-state index contributed by atoms with van der Waals surface area (Å²) in [4.78, 5) is 20.9. The maximum absolute atomic E-state index is 11.1. The van der Waals surface area contributed by atoms with E-state index < -0.39 is 0 Å². The smallest absolute Gasteiger partial charge is 0.320 e. The summed E-state index contributed by atoms with van der Waals surface area (Å²) in [5.41, 5.74) is 1.84. The number of urea groups is 1. The molecule has 0 atom stereocenters. The van der Waals surface area contributed by atoms with E-state index in [0.29, 0.717) is 5.13 Å². The van der Waals surface area contributed by atoms with Gasteiger partial charge < -0.3 is 5.32 Å². The average molecular weight is 268 g/mol. The Balaban J connectivity index is 2.24. The third kappa shape index (κ3) is 2.62. The Hall–Kier alpha value is -1.47. The van der Waals surface area contributed by atoms with Gasteiger partial charge in [-0.05, 0) is 13.8 Å². The van der Waals surface area contributed by atoms with E-state index in [1.165, 1.54) is 11.3 Å². The molecule has 2 aromatic rings. The number of nitrogens with one attached hydrogen (secondary N) is 2. The molecular formula is C10H12N4OS2. The molecule has 0 fully saturated rings. The Morgan fingerprint density at radius 2 is 2.12 bits per heavy atom. The number of thiazole rings is 2. The van der Waals surface area contributed by atoms with E-state index in [1.807, 2.05) is 19.2 Å². The largest absolute Gasteiger partial charge is 0.341 e. The van der Waals surface area contributed by atoms with Crippen molar-refractivity contribution in [2.75, 3.05) is 12.4 Å². The van der Waals surface area contributed by atoms with Gasteiger partial charge in [0.05, 0.1) is 21.3 Å². The van der Waals surface area contributed by atoms with Crippen LogP contribution in [0, 0.1) is 13.8 Å². The molecule has 0 aliphatic heterocycles.